The Balaban J connectivity index is 1.21. The molecule has 0 radical (unpaired) electrons. The molecule has 9 nitrogen and oxygen atoms in total. The molecule has 2 aliphatic rings. The lowest BCUT2D eigenvalue weighted by Crippen LogP contribution is -2.39. The third kappa shape index (κ3) is 4.21. The van der Waals surface area contributed by atoms with Crippen LogP contribution in [0.25, 0.3) is 0 Å². The molecule has 0 spiro atoms. The van der Waals surface area contributed by atoms with E-state index in [4.69, 9.17) is 0 Å². The zero-order valence-electron chi connectivity index (χ0n) is 17.2. The summed E-state index contributed by atoms with van der Waals surface area (Å²) in [5.74, 6) is 0.806. The highest BCUT2D eigenvalue weighted by atomic mass is 32.1. The first-order chi connectivity index (χ1) is 15.2. The molecule has 5 rings (SSSR count). The minimum absolute atomic E-state index is 0.0768. The molecular weight excluding hydrogens is 412 g/mol. The highest BCUT2D eigenvalue weighted by molar-refractivity contribution is 7.19. The molecule has 160 valence electrons. The summed E-state index contributed by atoms with van der Waals surface area (Å²) in [6.07, 6.45) is 3.60. The van der Waals surface area contributed by atoms with Crippen molar-refractivity contribution >= 4 is 33.3 Å². The van der Waals surface area contributed by atoms with Crippen LogP contribution < -0.4 is 15.5 Å². The number of rotatable bonds is 5. The van der Waals surface area contributed by atoms with Gasteiger partial charge in [0.2, 0.25) is 16.2 Å². The van der Waals surface area contributed by atoms with E-state index in [1.165, 1.54) is 16.9 Å². The lowest BCUT2D eigenvalue weighted by molar-refractivity contribution is -0.121. The van der Waals surface area contributed by atoms with Crippen LogP contribution in [-0.4, -0.2) is 63.9 Å². The molecule has 0 bridgehead atoms. The highest BCUT2D eigenvalue weighted by Gasteiger charge is 2.31. The fourth-order valence-corrected chi connectivity index (χ4v) is 4.99. The standard InChI is InChI=1S/C21H24N8OS/c1-28-11-8-14-5-2-3-6-16(14)18(28)19(30)24-21-27-26-20(31-21)23-15-9-12-29(13-15)17-7-4-10-22-25-17/h2-7,10,15,18H,8-9,11-13H2,1H3,(H,23,26)(H,24,27,30)/t15-,18-/m1/s1. The van der Waals surface area contributed by atoms with Gasteiger partial charge in [0.05, 0.1) is 0 Å². The summed E-state index contributed by atoms with van der Waals surface area (Å²) in [7, 11) is 1.98. The topological polar surface area (TPSA) is 99.2 Å². The summed E-state index contributed by atoms with van der Waals surface area (Å²) in [6.45, 7) is 2.58. The summed E-state index contributed by atoms with van der Waals surface area (Å²) in [6, 6.07) is 11.9. The Morgan fingerprint density at radius 2 is 1.97 bits per heavy atom. The average molecular weight is 437 g/mol. The molecule has 0 saturated carbocycles. The Morgan fingerprint density at radius 1 is 1.10 bits per heavy atom. The molecule has 2 N–H and O–H groups in total. The van der Waals surface area contributed by atoms with Gasteiger partial charge in [-0.15, -0.1) is 15.3 Å². The molecule has 31 heavy (non-hydrogen) atoms. The van der Waals surface area contributed by atoms with Gasteiger partial charge in [0, 0.05) is 31.9 Å². The van der Waals surface area contributed by atoms with E-state index in [1.54, 1.807) is 6.20 Å². The number of fused-ring (bicyclic) bond motifs is 1. The Hall–Kier alpha value is -3.11. The summed E-state index contributed by atoms with van der Waals surface area (Å²) >= 11 is 1.36. The first kappa shape index (κ1) is 19.8. The summed E-state index contributed by atoms with van der Waals surface area (Å²) in [4.78, 5) is 17.3. The second-order valence-corrected chi connectivity index (χ2v) is 8.87. The fraction of sp³-hybridized carbons (Fsp3) is 0.381. The molecule has 10 heteroatoms. The van der Waals surface area contributed by atoms with Crippen molar-refractivity contribution in [3.63, 3.8) is 0 Å². The van der Waals surface area contributed by atoms with Crippen molar-refractivity contribution < 1.29 is 4.79 Å². The van der Waals surface area contributed by atoms with Gasteiger partial charge in [0.15, 0.2) is 5.82 Å². The third-order valence-electron chi connectivity index (χ3n) is 5.83. The van der Waals surface area contributed by atoms with Crippen molar-refractivity contribution in [1.82, 2.24) is 25.3 Å². The fourth-order valence-electron chi connectivity index (χ4n) is 4.26. The number of carbonyl (C=O) groups is 1. The van der Waals surface area contributed by atoms with Gasteiger partial charge in [-0.3, -0.25) is 15.0 Å². The van der Waals surface area contributed by atoms with Crippen molar-refractivity contribution in [1.29, 1.82) is 0 Å². The average Bonchev–Trinajstić information content (AvgIpc) is 3.44. The number of hydrogen-bond acceptors (Lipinski definition) is 9. The van der Waals surface area contributed by atoms with E-state index in [2.05, 4.69) is 46.9 Å². The summed E-state index contributed by atoms with van der Waals surface area (Å²) in [5.41, 5.74) is 2.29. The maximum Gasteiger partial charge on any atom is 0.248 e. The Bertz CT molecular complexity index is 1060. The summed E-state index contributed by atoms with van der Waals surface area (Å²) < 4.78 is 0. The highest BCUT2D eigenvalue weighted by Crippen LogP contribution is 2.31. The molecule has 3 aromatic rings. The minimum atomic E-state index is -0.319. The predicted octanol–water partition coefficient (Wildman–Crippen LogP) is 2.19. The van der Waals surface area contributed by atoms with Gasteiger partial charge in [0.25, 0.3) is 0 Å². The van der Waals surface area contributed by atoms with Crippen LogP contribution in [0.15, 0.2) is 42.6 Å². The van der Waals surface area contributed by atoms with Crippen LogP contribution in [0, 0.1) is 0 Å². The van der Waals surface area contributed by atoms with Crippen LogP contribution in [0.4, 0.5) is 16.1 Å². The van der Waals surface area contributed by atoms with Crippen LogP contribution in [-0.2, 0) is 11.2 Å². The number of anilines is 3. The molecule has 2 aliphatic heterocycles. The number of carbonyl (C=O) groups excluding carboxylic acids is 1. The van der Waals surface area contributed by atoms with E-state index in [9.17, 15) is 4.79 Å². The number of nitrogens with zero attached hydrogens (tertiary/aromatic N) is 6. The molecule has 1 fully saturated rings. The van der Waals surface area contributed by atoms with Gasteiger partial charge in [-0.1, -0.05) is 35.6 Å². The monoisotopic (exact) mass is 436 g/mol. The van der Waals surface area contributed by atoms with Gasteiger partial charge in [-0.25, -0.2) is 0 Å². The lowest BCUT2D eigenvalue weighted by Gasteiger charge is -2.33. The number of likely N-dealkylation sites (N-methyl/N-ethyl adjacent to an activating group) is 1. The van der Waals surface area contributed by atoms with Crippen LogP contribution in [0.5, 0.6) is 0 Å². The van der Waals surface area contributed by atoms with Crippen molar-refractivity contribution in [2.24, 2.45) is 0 Å². The van der Waals surface area contributed by atoms with Gasteiger partial charge < -0.3 is 10.2 Å². The SMILES string of the molecule is CN1CCc2ccccc2[C@@H]1C(=O)Nc1nnc(N[C@@H]2CCN(c3cccnn3)C2)s1. The Morgan fingerprint density at radius 3 is 2.84 bits per heavy atom. The largest absolute Gasteiger partial charge is 0.355 e. The maximum atomic E-state index is 13.0. The van der Waals surface area contributed by atoms with E-state index < -0.39 is 0 Å². The Labute approximate surface area is 184 Å². The quantitative estimate of drug-likeness (QED) is 0.628. The molecule has 2 aromatic heterocycles. The maximum absolute atomic E-state index is 13.0. The van der Waals surface area contributed by atoms with E-state index in [1.807, 2.05) is 37.4 Å². The van der Waals surface area contributed by atoms with Crippen LogP contribution >= 0.6 is 11.3 Å². The number of hydrogen-bond donors (Lipinski definition) is 2. The molecule has 4 heterocycles. The predicted molar refractivity (Wildman–Crippen MR) is 120 cm³/mol. The molecule has 1 aromatic carbocycles. The number of amides is 1. The molecular formula is C21H24N8OS. The molecule has 0 aliphatic carbocycles. The normalized spacial score (nSPS) is 21.0. The number of aromatic nitrogens is 4. The van der Waals surface area contributed by atoms with E-state index in [0.717, 1.165) is 43.9 Å². The van der Waals surface area contributed by atoms with Gasteiger partial charge in [0.1, 0.15) is 6.04 Å². The Kier molecular flexibility index (Phi) is 5.47. The van der Waals surface area contributed by atoms with Crippen molar-refractivity contribution in [2.45, 2.75) is 24.9 Å². The third-order valence-corrected chi connectivity index (χ3v) is 6.60. The van der Waals surface area contributed by atoms with E-state index >= 15 is 0 Å². The zero-order chi connectivity index (χ0) is 21.2. The van der Waals surface area contributed by atoms with Crippen LogP contribution in [0.2, 0.25) is 0 Å². The van der Waals surface area contributed by atoms with Gasteiger partial charge in [-0.2, -0.15) is 5.10 Å². The second kappa shape index (κ2) is 8.56. The summed E-state index contributed by atoms with van der Waals surface area (Å²) in [5, 5.41) is 24.1. The van der Waals surface area contributed by atoms with Crippen LogP contribution in [0.1, 0.15) is 23.6 Å². The van der Waals surface area contributed by atoms with Crippen LogP contribution in [0.3, 0.4) is 0 Å². The zero-order valence-corrected chi connectivity index (χ0v) is 18.0. The molecule has 1 saturated heterocycles. The van der Waals surface area contributed by atoms with Crippen molar-refractivity contribution in [2.75, 3.05) is 42.2 Å². The smallest absolute Gasteiger partial charge is 0.248 e. The number of nitrogens with one attached hydrogen (secondary N) is 2. The van der Waals surface area contributed by atoms with Crippen molar-refractivity contribution in [3.8, 4) is 0 Å². The molecule has 1 amide bonds. The first-order valence-corrected chi connectivity index (χ1v) is 11.2. The minimum Gasteiger partial charge on any atom is -0.355 e. The van der Waals surface area contributed by atoms with E-state index in [0.29, 0.717) is 10.3 Å². The van der Waals surface area contributed by atoms with Gasteiger partial charge in [-0.05, 0) is 43.1 Å². The lowest BCUT2D eigenvalue weighted by atomic mass is 9.92. The first-order valence-electron chi connectivity index (χ1n) is 10.4. The van der Waals surface area contributed by atoms with Crippen molar-refractivity contribution in [3.05, 3.63) is 53.7 Å². The molecule has 0 unspecified atom stereocenters. The van der Waals surface area contributed by atoms with E-state index in [-0.39, 0.29) is 18.0 Å². The van der Waals surface area contributed by atoms with Gasteiger partial charge >= 0.3 is 0 Å². The second-order valence-electron chi connectivity index (χ2n) is 7.89. The molecule has 2 atom stereocenters. The number of benzene rings is 1.